The number of rotatable bonds is 4. The highest BCUT2D eigenvalue weighted by molar-refractivity contribution is 7.89. The summed E-state index contributed by atoms with van der Waals surface area (Å²) in [6, 6.07) is 4.40. The standard InChI is InChI=1S/C13H16N2O5S/c1-14-12(16)11-6-3-7-15(11)21(19,20)10-5-2-4-9(8-10)13(17)18/h2,4-5,8,11H,3,6-7H2,1H3,(H,14,16)(H,17,18). The van der Waals surface area contributed by atoms with E-state index in [0.717, 1.165) is 10.4 Å². The Kier molecular flexibility index (Phi) is 4.29. The van der Waals surface area contributed by atoms with Crippen molar-refractivity contribution in [3.8, 4) is 0 Å². The molecule has 1 aliphatic rings. The van der Waals surface area contributed by atoms with E-state index in [9.17, 15) is 18.0 Å². The molecule has 1 aliphatic heterocycles. The Balaban J connectivity index is 2.40. The van der Waals surface area contributed by atoms with Crippen molar-refractivity contribution in [2.45, 2.75) is 23.8 Å². The lowest BCUT2D eigenvalue weighted by Crippen LogP contribution is -2.44. The first kappa shape index (κ1) is 15.5. The molecule has 21 heavy (non-hydrogen) atoms. The van der Waals surface area contributed by atoms with Crippen molar-refractivity contribution in [2.24, 2.45) is 0 Å². The maximum Gasteiger partial charge on any atom is 0.335 e. The Morgan fingerprint density at radius 2 is 2.10 bits per heavy atom. The van der Waals surface area contributed by atoms with E-state index in [1.165, 1.54) is 25.2 Å². The zero-order chi connectivity index (χ0) is 15.6. The number of carboxylic acid groups (broad SMARTS) is 1. The monoisotopic (exact) mass is 312 g/mol. The van der Waals surface area contributed by atoms with Gasteiger partial charge in [-0.3, -0.25) is 4.79 Å². The lowest BCUT2D eigenvalue weighted by atomic mass is 10.2. The van der Waals surface area contributed by atoms with Gasteiger partial charge in [0.15, 0.2) is 0 Å². The molecule has 1 amide bonds. The van der Waals surface area contributed by atoms with Crippen LogP contribution in [0.25, 0.3) is 0 Å². The van der Waals surface area contributed by atoms with Crippen LogP contribution in [-0.4, -0.2) is 49.3 Å². The van der Waals surface area contributed by atoms with Gasteiger partial charge in [0.25, 0.3) is 0 Å². The molecule has 114 valence electrons. The lowest BCUT2D eigenvalue weighted by molar-refractivity contribution is -0.123. The lowest BCUT2D eigenvalue weighted by Gasteiger charge is -2.22. The van der Waals surface area contributed by atoms with Gasteiger partial charge in [-0.15, -0.1) is 0 Å². The molecular formula is C13H16N2O5S. The molecule has 2 N–H and O–H groups in total. The molecule has 0 bridgehead atoms. The number of likely N-dealkylation sites (N-methyl/N-ethyl adjacent to an activating group) is 1. The smallest absolute Gasteiger partial charge is 0.335 e. The number of nitrogens with zero attached hydrogens (tertiary/aromatic N) is 1. The van der Waals surface area contributed by atoms with Crippen molar-refractivity contribution in [1.82, 2.24) is 9.62 Å². The molecule has 1 unspecified atom stereocenters. The van der Waals surface area contributed by atoms with E-state index in [0.29, 0.717) is 12.8 Å². The summed E-state index contributed by atoms with van der Waals surface area (Å²) in [5.41, 5.74) is -0.105. The van der Waals surface area contributed by atoms with Gasteiger partial charge in [-0.1, -0.05) is 6.07 Å². The number of hydrogen-bond acceptors (Lipinski definition) is 4. The molecule has 0 saturated carbocycles. The number of hydrogen-bond donors (Lipinski definition) is 2. The van der Waals surface area contributed by atoms with Crippen molar-refractivity contribution in [3.05, 3.63) is 29.8 Å². The average Bonchev–Trinajstić information content (AvgIpc) is 2.96. The summed E-state index contributed by atoms with van der Waals surface area (Å²) in [4.78, 5) is 22.6. The van der Waals surface area contributed by atoms with E-state index in [2.05, 4.69) is 5.32 Å². The van der Waals surface area contributed by atoms with Crippen molar-refractivity contribution < 1.29 is 23.1 Å². The van der Waals surface area contributed by atoms with E-state index in [1.807, 2.05) is 0 Å². The van der Waals surface area contributed by atoms with Crippen LogP contribution in [0.5, 0.6) is 0 Å². The Labute approximate surface area is 122 Å². The predicted octanol–water partition coefficient (Wildman–Crippen LogP) is 0.284. The molecular weight excluding hydrogens is 296 g/mol. The number of sulfonamides is 1. The Morgan fingerprint density at radius 3 is 2.71 bits per heavy atom. The number of benzene rings is 1. The minimum atomic E-state index is -3.89. The van der Waals surface area contributed by atoms with Gasteiger partial charge in [-0.2, -0.15) is 4.31 Å². The van der Waals surface area contributed by atoms with Crippen LogP contribution >= 0.6 is 0 Å². The van der Waals surface area contributed by atoms with Crippen LogP contribution in [0.1, 0.15) is 23.2 Å². The summed E-state index contributed by atoms with van der Waals surface area (Å²) in [5, 5.41) is 11.4. The molecule has 1 aromatic rings. The van der Waals surface area contributed by atoms with Crippen LogP contribution in [0.2, 0.25) is 0 Å². The van der Waals surface area contributed by atoms with E-state index in [-0.39, 0.29) is 22.9 Å². The van der Waals surface area contributed by atoms with Gasteiger partial charge in [-0.25, -0.2) is 13.2 Å². The third-order valence-electron chi connectivity index (χ3n) is 3.44. The van der Waals surface area contributed by atoms with E-state index >= 15 is 0 Å². The molecule has 0 radical (unpaired) electrons. The molecule has 1 heterocycles. The molecule has 0 spiro atoms. The molecule has 1 aromatic carbocycles. The first-order chi connectivity index (χ1) is 9.87. The van der Waals surface area contributed by atoms with Crippen LogP contribution in [0.4, 0.5) is 0 Å². The number of carbonyl (C=O) groups is 2. The maximum atomic E-state index is 12.6. The fraction of sp³-hybridized carbons (Fsp3) is 0.385. The number of amides is 1. The Morgan fingerprint density at radius 1 is 1.38 bits per heavy atom. The van der Waals surface area contributed by atoms with E-state index < -0.39 is 22.0 Å². The van der Waals surface area contributed by atoms with Crippen LogP contribution in [0, 0.1) is 0 Å². The SMILES string of the molecule is CNC(=O)C1CCCN1S(=O)(=O)c1cccc(C(=O)O)c1. The molecule has 8 heteroatoms. The largest absolute Gasteiger partial charge is 0.478 e. The average molecular weight is 312 g/mol. The quantitative estimate of drug-likeness (QED) is 0.831. The second-order valence-electron chi connectivity index (χ2n) is 4.72. The zero-order valence-electron chi connectivity index (χ0n) is 11.4. The highest BCUT2D eigenvalue weighted by atomic mass is 32.2. The Bertz CT molecular complexity index is 671. The van der Waals surface area contributed by atoms with Crippen LogP contribution in [0.15, 0.2) is 29.2 Å². The fourth-order valence-electron chi connectivity index (χ4n) is 2.38. The fourth-order valence-corrected chi connectivity index (χ4v) is 4.08. The normalized spacial score (nSPS) is 19.4. The molecule has 7 nitrogen and oxygen atoms in total. The summed E-state index contributed by atoms with van der Waals surface area (Å²) in [6.07, 6.45) is 1.05. The maximum absolute atomic E-state index is 12.6. The predicted molar refractivity (Wildman–Crippen MR) is 74.4 cm³/mol. The molecule has 1 atom stereocenters. The van der Waals surface area contributed by atoms with Crippen molar-refractivity contribution in [2.75, 3.05) is 13.6 Å². The van der Waals surface area contributed by atoms with E-state index in [1.54, 1.807) is 0 Å². The number of aromatic carboxylic acids is 1. The summed E-state index contributed by atoms with van der Waals surface area (Å²) in [5.74, 6) is -1.55. The highest BCUT2D eigenvalue weighted by Crippen LogP contribution is 2.26. The summed E-state index contributed by atoms with van der Waals surface area (Å²) in [6.45, 7) is 0.248. The molecule has 0 aliphatic carbocycles. The van der Waals surface area contributed by atoms with Gasteiger partial charge in [0.05, 0.1) is 10.5 Å². The van der Waals surface area contributed by atoms with Crippen LogP contribution in [0.3, 0.4) is 0 Å². The Hall–Kier alpha value is -1.93. The first-order valence-electron chi connectivity index (χ1n) is 6.44. The van der Waals surface area contributed by atoms with Crippen molar-refractivity contribution >= 4 is 21.9 Å². The summed E-state index contributed by atoms with van der Waals surface area (Å²) < 4.78 is 26.3. The third-order valence-corrected chi connectivity index (χ3v) is 5.34. The van der Waals surface area contributed by atoms with Gasteiger partial charge in [-0.05, 0) is 31.0 Å². The number of carbonyl (C=O) groups excluding carboxylic acids is 1. The third kappa shape index (κ3) is 2.91. The minimum absolute atomic E-state index is 0.105. The van der Waals surface area contributed by atoms with Crippen molar-refractivity contribution in [3.63, 3.8) is 0 Å². The second kappa shape index (κ2) is 5.82. The van der Waals surface area contributed by atoms with Gasteiger partial charge in [0.2, 0.25) is 15.9 Å². The van der Waals surface area contributed by atoms with Gasteiger partial charge in [0.1, 0.15) is 6.04 Å². The number of carboxylic acids is 1. The van der Waals surface area contributed by atoms with E-state index in [4.69, 9.17) is 5.11 Å². The topological polar surface area (TPSA) is 104 Å². The molecule has 1 fully saturated rings. The first-order valence-corrected chi connectivity index (χ1v) is 7.88. The van der Waals surface area contributed by atoms with Gasteiger partial charge < -0.3 is 10.4 Å². The number of nitrogens with one attached hydrogen (secondary N) is 1. The van der Waals surface area contributed by atoms with Gasteiger partial charge in [0, 0.05) is 13.6 Å². The summed E-state index contributed by atoms with van der Waals surface area (Å²) in [7, 11) is -2.43. The summed E-state index contributed by atoms with van der Waals surface area (Å²) >= 11 is 0. The molecule has 0 aromatic heterocycles. The molecule has 2 rings (SSSR count). The molecule has 1 saturated heterocycles. The minimum Gasteiger partial charge on any atom is -0.478 e. The zero-order valence-corrected chi connectivity index (χ0v) is 12.3. The second-order valence-corrected chi connectivity index (χ2v) is 6.61. The van der Waals surface area contributed by atoms with Crippen molar-refractivity contribution in [1.29, 1.82) is 0 Å². The highest BCUT2D eigenvalue weighted by Gasteiger charge is 2.39. The van der Waals surface area contributed by atoms with Crippen LogP contribution < -0.4 is 5.32 Å². The van der Waals surface area contributed by atoms with Crippen LogP contribution in [-0.2, 0) is 14.8 Å². The van der Waals surface area contributed by atoms with Gasteiger partial charge >= 0.3 is 5.97 Å².